The largest absolute Gasteiger partial charge is 0.351 e. The van der Waals surface area contributed by atoms with E-state index >= 15 is 0 Å². The van der Waals surface area contributed by atoms with Gasteiger partial charge in [-0.3, -0.25) is 4.79 Å². The van der Waals surface area contributed by atoms with Crippen LogP contribution >= 0.6 is 0 Å². The molecule has 0 fully saturated rings. The first kappa shape index (κ1) is 9.64. The summed E-state index contributed by atoms with van der Waals surface area (Å²) in [4.78, 5) is 19.3. The van der Waals surface area contributed by atoms with E-state index in [4.69, 9.17) is 0 Å². The van der Waals surface area contributed by atoms with Crippen molar-refractivity contribution in [2.75, 3.05) is 6.54 Å². The third-order valence-electron chi connectivity index (χ3n) is 1.89. The molecule has 70 valence electrons. The molecule has 1 rings (SSSR count). The minimum atomic E-state index is -0.134. The summed E-state index contributed by atoms with van der Waals surface area (Å²) >= 11 is 0. The van der Waals surface area contributed by atoms with E-state index in [1.807, 2.05) is 20.8 Å². The summed E-state index contributed by atoms with van der Waals surface area (Å²) in [5.74, 6) is -0.134. The van der Waals surface area contributed by atoms with Crippen LogP contribution in [0.25, 0.3) is 0 Å². The number of nitrogens with zero attached hydrogens (tertiary/aromatic N) is 2. The van der Waals surface area contributed by atoms with Gasteiger partial charge in [-0.25, -0.2) is 9.97 Å². The van der Waals surface area contributed by atoms with Crippen molar-refractivity contribution in [3.8, 4) is 0 Å². The molecule has 1 aromatic rings. The van der Waals surface area contributed by atoms with Crippen molar-refractivity contribution >= 4 is 5.91 Å². The van der Waals surface area contributed by atoms with E-state index in [2.05, 4.69) is 15.3 Å². The summed E-state index contributed by atoms with van der Waals surface area (Å²) in [5.41, 5.74) is 2.15. The number of carbonyl (C=O) groups excluding carboxylic acids is 1. The Morgan fingerprint density at radius 2 is 2.15 bits per heavy atom. The van der Waals surface area contributed by atoms with Crippen LogP contribution in [-0.4, -0.2) is 22.4 Å². The first-order valence-electron chi connectivity index (χ1n) is 4.23. The van der Waals surface area contributed by atoms with Crippen molar-refractivity contribution in [3.63, 3.8) is 0 Å². The fourth-order valence-electron chi connectivity index (χ4n) is 1.01. The molecule has 0 aliphatic carbocycles. The molecule has 0 saturated carbocycles. The van der Waals surface area contributed by atoms with Gasteiger partial charge >= 0.3 is 0 Å². The highest BCUT2D eigenvalue weighted by Gasteiger charge is 2.10. The molecule has 13 heavy (non-hydrogen) atoms. The summed E-state index contributed by atoms with van der Waals surface area (Å²) in [7, 11) is 0. The van der Waals surface area contributed by atoms with E-state index in [0.717, 1.165) is 11.3 Å². The Morgan fingerprint density at radius 1 is 1.46 bits per heavy atom. The first-order valence-corrected chi connectivity index (χ1v) is 4.23. The minimum Gasteiger partial charge on any atom is -0.351 e. The van der Waals surface area contributed by atoms with Crippen LogP contribution in [0.1, 0.15) is 28.7 Å². The van der Waals surface area contributed by atoms with Gasteiger partial charge in [0, 0.05) is 17.8 Å². The molecule has 1 heterocycles. The number of hydrogen-bond acceptors (Lipinski definition) is 3. The number of carbonyl (C=O) groups is 1. The molecule has 1 N–H and O–H groups in total. The maximum absolute atomic E-state index is 11.4. The van der Waals surface area contributed by atoms with Gasteiger partial charge in [-0.15, -0.1) is 0 Å². The van der Waals surface area contributed by atoms with E-state index in [-0.39, 0.29) is 5.91 Å². The predicted octanol–water partition coefficient (Wildman–Crippen LogP) is 0.843. The quantitative estimate of drug-likeness (QED) is 0.732. The van der Waals surface area contributed by atoms with Gasteiger partial charge < -0.3 is 5.32 Å². The monoisotopic (exact) mass is 179 g/mol. The topological polar surface area (TPSA) is 54.9 Å². The van der Waals surface area contributed by atoms with Gasteiger partial charge in [0.2, 0.25) is 0 Å². The van der Waals surface area contributed by atoms with Gasteiger partial charge in [-0.05, 0) is 20.8 Å². The van der Waals surface area contributed by atoms with Crippen LogP contribution in [0.15, 0.2) is 6.33 Å². The van der Waals surface area contributed by atoms with Crippen molar-refractivity contribution in [3.05, 3.63) is 23.3 Å². The number of amides is 1. The van der Waals surface area contributed by atoms with Crippen LogP contribution in [-0.2, 0) is 0 Å². The lowest BCUT2D eigenvalue weighted by molar-refractivity contribution is 0.0950. The third kappa shape index (κ3) is 2.02. The molecule has 0 aliphatic heterocycles. The zero-order valence-electron chi connectivity index (χ0n) is 8.09. The van der Waals surface area contributed by atoms with Crippen molar-refractivity contribution in [2.24, 2.45) is 0 Å². The van der Waals surface area contributed by atoms with E-state index in [0.29, 0.717) is 12.2 Å². The van der Waals surface area contributed by atoms with Crippen molar-refractivity contribution in [2.45, 2.75) is 20.8 Å². The van der Waals surface area contributed by atoms with Crippen molar-refractivity contribution in [1.29, 1.82) is 0 Å². The van der Waals surface area contributed by atoms with E-state index in [1.165, 1.54) is 6.33 Å². The predicted molar refractivity (Wildman–Crippen MR) is 49.5 cm³/mol. The average molecular weight is 179 g/mol. The van der Waals surface area contributed by atoms with Crippen LogP contribution in [0.3, 0.4) is 0 Å². The number of aromatic nitrogens is 2. The van der Waals surface area contributed by atoms with E-state index in [9.17, 15) is 4.79 Å². The SMILES string of the molecule is CCNC(=O)c1ncnc(C)c1C. The van der Waals surface area contributed by atoms with Gasteiger partial charge in [0.05, 0.1) is 0 Å². The molecule has 0 aliphatic rings. The average Bonchev–Trinajstić information content (AvgIpc) is 2.10. The highest BCUT2D eigenvalue weighted by molar-refractivity contribution is 5.93. The summed E-state index contributed by atoms with van der Waals surface area (Å²) in [6, 6.07) is 0. The van der Waals surface area contributed by atoms with Crippen LogP contribution in [0.4, 0.5) is 0 Å². The van der Waals surface area contributed by atoms with Gasteiger partial charge in [0.1, 0.15) is 12.0 Å². The first-order chi connectivity index (χ1) is 6.16. The van der Waals surface area contributed by atoms with Gasteiger partial charge in [-0.2, -0.15) is 0 Å². The maximum atomic E-state index is 11.4. The lowest BCUT2D eigenvalue weighted by Gasteiger charge is -2.05. The van der Waals surface area contributed by atoms with Gasteiger partial charge in [-0.1, -0.05) is 0 Å². The highest BCUT2D eigenvalue weighted by atomic mass is 16.1. The Bertz CT molecular complexity index is 323. The van der Waals surface area contributed by atoms with E-state index in [1.54, 1.807) is 0 Å². The molecule has 0 bridgehead atoms. The Kier molecular flexibility index (Phi) is 2.95. The normalized spacial score (nSPS) is 9.77. The molecule has 4 heteroatoms. The smallest absolute Gasteiger partial charge is 0.270 e. The second kappa shape index (κ2) is 3.98. The standard InChI is InChI=1S/C9H13N3O/c1-4-10-9(13)8-6(2)7(3)11-5-12-8/h5H,4H2,1-3H3,(H,10,13). The molecule has 0 spiro atoms. The van der Waals surface area contributed by atoms with Crippen molar-refractivity contribution < 1.29 is 4.79 Å². The summed E-state index contributed by atoms with van der Waals surface area (Å²) < 4.78 is 0. The van der Waals surface area contributed by atoms with Crippen LogP contribution < -0.4 is 5.32 Å². The molecule has 0 radical (unpaired) electrons. The minimum absolute atomic E-state index is 0.134. The lowest BCUT2D eigenvalue weighted by atomic mass is 10.2. The Balaban J connectivity index is 3.01. The van der Waals surface area contributed by atoms with Gasteiger partial charge in [0.25, 0.3) is 5.91 Å². The molecule has 0 unspecified atom stereocenters. The zero-order valence-corrected chi connectivity index (χ0v) is 8.09. The van der Waals surface area contributed by atoms with Crippen LogP contribution in [0, 0.1) is 13.8 Å². The molecule has 1 amide bonds. The second-order valence-electron chi connectivity index (χ2n) is 2.79. The Morgan fingerprint density at radius 3 is 2.77 bits per heavy atom. The van der Waals surface area contributed by atoms with Gasteiger partial charge in [0.15, 0.2) is 0 Å². The second-order valence-corrected chi connectivity index (χ2v) is 2.79. The number of aryl methyl sites for hydroxylation is 1. The molecule has 1 aromatic heterocycles. The van der Waals surface area contributed by atoms with Crippen molar-refractivity contribution in [1.82, 2.24) is 15.3 Å². The third-order valence-corrected chi connectivity index (χ3v) is 1.89. The molecule has 0 aromatic carbocycles. The fourth-order valence-corrected chi connectivity index (χ4v) is 1.01. The van der Waals surface area contributed by atoms with Crippen LogP contribution in [0.5, 0.6) is 0 Å². The number of nitrogens with one attached hydrogen (secondary N) is 1. The Labute approximate surface area is 77.4 Å². The fraction of sp³-hybridized carbons (Fsp3) is 0.444. The molecule has 0 saturated heterocycles. The summed E-state index contributed by atoms with van der Waals surface area (Å²) in [6.07, 6.45) is 1.41. The highest BCUT2D eigenvalue weighted by Crippen LogP contribution is 2.06. The molecule has 0 atom stereocenters. The number of hydrogen-bond donors (Lipinski definition) is 1. The zero-order chi connectivity index (χ0) is 9.84. The Hall–Kier alpha value is -1.45. The molecular weight excluding hydrogens is 166 g/mol. The summed E-state index contributed by atoms with van der Waals surface area (Å²) in [5, 5.41) is 2.70. The number of rotatable bonds is 2. The van der Waals surface area contributed by atoms with E-state index < -0.39 is 0 Å². The molecular formula is C9H13N3O. The molecule has 4 nitrogen and oxygen atoms in total. The maximum Gasteiger partial charge on any atom is 0.270 e. The summed E-state index contributed by atoms with van der Waals surface area (Å²) in [6.45, 7) is 6.20. The van der Waals surface area contributed by atoms with Crippen LogP contribution in [0.2, 0.25) is 0 Å². The lowest BCUT2D eigenvalue weighted by Crippen LogP contribution is -2.25.